The lowest BCUT2D eigenvalue weighted by molar-refractivity contribution is -0.125. The third kappa shape index (κ3) is 4.76. The Bertz CT molecular complexity index is 843. The first kappa shape index (κ1) is 18.7. The van der Waals surface area contributed by atoms with E-state index in [9.17, 15) is 9.59 Å². The average Bonchev–Trinajstić information content (AvgIpc) is 3.17. The van der Waals surface area contributed by atoms with Gasteiger partial charge in [-0.25, -0.2) is 0 Å². The molecule has 0 spiro atoms. The van der Waals surface area contributed by atoms with Crippen LogP contribution in [0.2, 0.25) is 0 Å². The number of ether oxygens (including phenoxy) is 1. The van der Waals surface area contributed by atoms with Crippen molar-refractivity contribution in [2.24, 2.45) is 0 Å². The molecule has 1 N–H and O–H groups in total. The maximum absolute atomic E-state index is 12.5. The van der Waals surface area contributed by atoms with Gasteiger partial charge in [-0.15, -0.1) is 0 Å². The highest BCUT2D eigenvalue weighted by Crippen LogP contribution is 2.33. The number of rotatable bonds is 5. The minimum atomic E-state index is -0.105. The summed E-state index contributed by atoms with van der Waals surface area (Å²) in [5.41, 5.74) is 2.82. The van der Waals surface area contributed by atoms with Crippen LogP contribution in [0, 0.1) is 0 Å². The van der Waals surface area contributed by atoms with Crippen molar-refractivity contribution in [1.29, 1.82) is 0 Å². The van der Waals surface area contributed by atoms with Crippen LogP contribution in [0.1, 0.15) is 30.4 Å². The molecule has 27 heavy (non-hydrogen) atoms. The maximum Gasteiger partial charge on any atom is 0.246 e. The van der Waals surface area contributed by atoms with Crippen LogP contribution in [0.15, 0.2) is 54.6 Å². The number of nitrogens with one attached hydrogen (secondary N) is 1. The Morgan fingerprint density at radius 3 is 2.59 bits per heavy atom. The van der Waals surface area contributed by atoms with Gasteiger partial charge in [-0.3, -0.25) is 9.59 Å². The van der Waals surface area contributed by atoms with Gasteiger partial charge in [-0.1, -0.05) is 30.3 Å². The molecule has 1 aliphatic rings. The highest BCUT2D eigenvalue weighted by molar-refractivity contribution is 5.92. The van der Waals surface area contributed by atoms with E-state index in [0.29, 0.717) is 12.5 Å². The van der Waals surface area contributed by atoms with Gasteiger partial charge in [0, 0.05) is 37.7 Å². The van der Waals surface area contributed by atoms with Crippen LogP contribution in [0.25, 0.3) is 6.08 Å². The number of nitrogens with zero attached hydrogens (tertiary/aromatic N) is 1. The summed E-state index contributed by atoms with van der Waals surface area (Å²) in [6.45, 7) is 2.92. The van der Waals surface area contributed by atoms with Crippen LogP contribution < -0.4 is 10.1 Å². The molecule has 5 nitrogen and oxygen atoms in total. The number of amides is 2. The van der Waals surface area contributed by atoms with Crippen LogP contribution in [0.4, 0.5) is 5.69 Å². The summed E-state index contributed by atoms with van der Waals surface area (Å²) in [4.78, 5) is 25.4. The average molecular weight is 364 g/mol. The van der Waals surface area contributed by atoms with E-state index in [1.54, 1.807) is 19.3 Å². The fourth-order valence-electron chi connectivity index (χ4n) is 3.37. The lowest BCUT2D eigenvalue weighted by atomic mass is 9.97. The van der Waals surface area contributed by atoms with E-state index in [1.807, 2.05) is 47.4 Å². The molecule has 0 saturated carbocycles. The second-order valence-electron chi connectivity index (χ2n) is 6.65. The summed E-state index contributed by atoms with van der Waals surface area (Å²) in [5.74, 6) is 1.09. The van der Waals surface area contributed by atoms with Gasteiger partial charge in [0.1, 0.15) is 5.75 Å². The minimum Gasteiger partial charge on any atom is -0.496 e. The number of methoxy groups -OCH3 is 1. The van der Waals surface area contributed by atoms with Crippen LogP contribution in [0.3, 0.4) is 0 Å². The Morgan fingerprint density at radius 1 is 1.15 bits per heavy atom. The molecule has 2 amide bonds. The van der Waals surface area contributed by atoms with E-state index in [2.05, 4.69) is 11.4 Å². The largest absolute Gasteiger partial charge is 0.496 e. The monoisotopic (exact) mass is 364 g/mol. The molecule has 0 aromatic heterocycles. The van der Waals surface area contributed by atoms with Crippen molar-refractivity contribution >= 4 is 23.6 Å². The molecule has 0 aliphatic carbocycles. The molecule has 5 heteroatoms. The summed E-state index contributed by atoms with van der Waals surface area (Å²) >= 11 is 0. The molecule has 1 aliphatic heterocycles. The van der Waals surface area contributed by atoms with E-state index < -0.39 is 0 Å². The first-order valence-corrected chi connectivity index (χ1v) is 9.04. The topological polar surface area (TPSA) is 58.6 Å². The molecule has 1 fully saturated rings. The van der Waals surface area contributed by atoms with Gasteiger partial charge in [-0.05, 0) is 41.8 Å². The second-order valence-corrected chi connectivity index (χ2v) is 6.65. The number of hydrogen-bond acceptors (Lipinski definition) is 3. The van der Waals surface area contributed by atoms with E-state index in [0.717, 1.165) is 35.5 Å². The van der Waals surface area contributed by atoms with Gasteiger partial charge >= 0.3 is 0 Å². The molecule has 2 aromatic rings. The van der Waals surface area contributed by atoms with Crippen molar-refractivity contribution < 1.29 is 14.3 Å². The molecule has 1 atom stereocenters. The van der Waals surface area contributed by atoms with Gasteiger partial charge in [0.25, 0.3) is 0 Å². The van der Waals surface area contributed by atoms with Gasteiger partial charge in [0.05, 0.1) is 7.11 Å². The number of hydrogen-bond donors (Lipinski definition) is 1. The Balaban J connectivity index is 1.60. The second kappa shape index (κ2) is 8.54. The zero-order chi connectivity index (χ0) is 19.2. The summed E-state index contributed by atoms with van der Waals surface area (Å²) in [6.07, 6.45) is 4.35. The van der Waals surface area contributed by atoms with Crippen molar-refractivity contribution in [3.05, 3.63) is 65.7 Å². The third-order valence-electron chi connectivity index (χ3n) is 4.73. The van der Waals surface area contributed by atoms with E-state index >= 15 is 0 Å². The Morgan fingerprint density at radius 2 is 1.89 bits per heavy atom. The van der Waals surface area contributed by atoms with E-state index in [4.69, 9.17) is 4.74 Å². The van der Waals surface area contributed by atoms with Crippen molar-refractivity contribution in [3.63, 3.8) is 0 Å². The van der Waals surface area contributed by atoms with Crippen LogP contribution in [-0.4, -0.2) is 36.9 Å². The van der Waals surface area contributed by atoms with Crippen molar-refractivity contribution in [1.82, 2.24) is 4.90 Å². The predicted octanol–water partition coefficient (Wildman–Crippen LogP) is 3.68. The summed E-state index contributed by atoms with van der Waals surface area (Å²) in [6, 6.07) is 15.4. The molecule has 1 saturated heterocycles. The lowest BCUT2D eigenvalue weighted by Gasteiger charge is -2.16. The first-order chi connectivity index (χ1) is 13.1. The number of benzene rings is 2. The molecule has 1 heterocycles. The number of para-hydroxylation sites is 1. The molecule has 3 rings (SSSR count). The molecule has 0 radical (unpaired) electrons. The highest BCUT2D eigenvalue weighted by atomic mass is 16.5. The summed E-state index contributed by atoms with van der Waals surface area (Å²) in [5, 5.41) is 2.72. The maximum atomic E-state index is 12.5. The Kier molecular flexibility index (Phi) is 5.91. The SMILES string of the molecule is COc1ccccc1C1CCN(C(=O)C=Cc2ccc(NC(C)=O)cc2)C1. The molecular formula is C22H24N2O3. The Hall–Kier alpha value is -3.08. The fourth-order valence-corrected chi connectivity index (χ4v) is 3.37. The molecular weight excluding hydrogens is 340 g/mol. The molecule has 1 unspecified atom stereocenters. The predicted molar refractivity (Wildman–Crippen MR) is 107 cm³/mol. The van der Waals surface area contributed by atoms with Crippen LogP contribution in [0.5, 0.6) is 5.75 Å². The highest BCUT2D eigenvalue weighted by Gasteiger charge is 2.27. The van der Waals surface area contributed by atoms with Gasteiger partial charge in [0.15, 0.2) is 0 Å². The van der Waals surface area contributed by atoms with Crippen molar-refractivity contribution in [3.8, 4) is 5.75 Å². The number of likely N-dealkylation sites (tertiary alicyclic amines) is 1. The quantitative estimate of drug-likeness (QED) is 0.824. The molecule has 2 aromatic carbocycles. The van der Waals surface area contributed by atoms with E-state index in [1.165, 1.54) is 6.92 Å². The standard InChI is InChI=1S/C22H24N2O3/c1-16(25)23-19-10-7-17(8-11-19)9-12-22(26)24-14-13-18(15-24)20-5-3-4-6-21(20)27-2/h3-12,18H,13-15H2,1-2H3,(H,23,25). The van der Waals surface area contributed by atoms with Gasteiger partial charge in [0.2, 0.25) is 11.8 Å². The summed E-state index contributed by atoms with van der Waals surface area (Å²) in [7, 11) is 1.68. The zero-order valence-corrected chi connectivity index (χ0v) is 15.6. The summed E-state index contributed by atoms with van der Waals surface area (Å²) < 4.78 is 5.45. The van der Waals surface area contributed by atoms with Gasteiger partial charge < -0.3 is 15.0 Å². The van der Waals surface area contributed by atoms with Crippen molar-refractivity contribution in [2.75, 3.05) is 25.5 Å². The lowest BCUT2D eigenvalue weighted by Crippen LogP contribution is -2.26. The van der Waals surface area contributed by atoms with Crippen LogP contribution >= 0.6 is 0 Å². The minimum absolute atomic E-state index is 0.0123. The number of anilines is 1. The fraction of sp³-hybridized carbons (Fsp3) is 0.273. The smallest absolute Gasteiger partial charge is 0.246 e. The third-order valence-corrected chi connectivity index (χ3v) is 4.73. The van der Waals surface area contributed by atoms with Crippen LogP contribution in [-0.2, 0) is 9.59 Å². The number of carbonyl (C=O) groups excluding carboxylic acids is 2. The Labute approximate surface area is 159 Å². The zero-order valence-electron chi connectivity index (χ0n) is 15.6. The first-order valence-electron chi connectivity index (χ1n) is 9.04. The molecule has 0 bridgehead atoms. The normalized spacial score (nSPS) is 16.5. The van der Waals surface area contributed by atoms with Gasteiger partial charge in [-0.2, -0.15) is 0 Å². The molecule has 140 valence electrons. The number of carbonyl (C=O) groups is 2. The van der Waals surface area contributed by atoms with E-state index in [-0.39, 0.29) is 11.8 Å². The van der Waals surface area contributed by atoms with Crippen molar-refractivity contribution in [2.45, 2.75) is 19.3 Å².